The molecule has 5 nitrogen and oxygen atoms in total. The zero-order valence-corrected chi connectivity index (χ0v) is 11.8. The van der Waals surface area contributed by atoms with E-state index in [-0.39, 0.29) is 6.10 Å². The Labute approximate surface area is 118 Å². The van der Waals surface area contributed by atoms with Crippen LogP contribution in [0.2, 0.25) is 0 Å². The van der Waals surface area contributed by atoms with Gasteiger partial charge in [0.05, 0.1) is 17.8 Å². The molecule has 3 heterocycles. The van der Waals surface area contributed by atoms with Crippen molar-refractivity contribution < 1.29 is 5.11 Å². The molecule has 106 valence electrons. The lowest BCUT2D eigenvalue weighted by atomic mass is 9.92. The summed E-state index contributed by atoms with van der Waals surface area (Å²) in [6, 6.07) is 0.371. The van der Waals surface area contributed by atoms with Gasteiger partial charge in [0.25, 0.3) is 0 Å². The summed E-state index contributed by atoms with van der Waals surface area (Å²) < 4.78 is 2.35. The van der Waals surface area contributed by atoms with Gasteiger partial charge in [-0.1, -0.05) is 0 Å². The summed E-state index contributed by atoms with van der Waals surface area (Å²) in [6.07, 6.45) is 6.72. The van der Waals surface area contributed by atoms with Crippen molar-refractivity contribution >= 4 is 16.9 Å². The highest BCUT2D eigenvalue weighted by Gasteiger charge is 2.27. The molecule has 1 fully saturated rings. The van der Waals surface area contributed by atoms with Gasteiger partial charge in [-0.15, -0.1) is 0 Å². The van der Waals surface area contributed by atoms with Crippen molar-refractivity contribution in [2.75, 3.05) is 11.9 Å². The van der Waals surface area contributed by atoms with Crippen molar-refractivity contribution in [3.8, 4) is 0 Å². The molecular formula is C15H20N4O. The lowest BCUT2D eigenvalue weighted by molar-refractivity contribution is 0.104. The van der Waals surface area contributed by atoms with Crippen molar-refractivity contribution in [2.45, 2.75) is 51.2 Å². The molecule has 1 aliphatic heterocycles. The maximum atomic E-state index is 9.98. The van der Waals surface area contributed by atoms with Crippen LogP contribution in [0.4, 0.5) is 5.82 Å². The van der Waals surface area contributed by atoms with E-state index in [1.807, 2.05) is 6.20 Å². The average Bonchev–Trinajstić information content (AvgIpc) is 3.00. The number of hydrogen-bond acceptors (Lipinski definition) is 4. The lowest BCUT2D eigenvalue weighted by Crippen LogP contribution is -2.23. The second-order valence-electron chi connectivity index (χ2n) is 6.00. The molecule has 2 N–H and O–H groups in total. The SMILES string of the molecule is Cc1nc2cnc3c(c2n1[C@H]1CCC[C@@H](O)C1)CCN3. The third-order valence-corrected chi connectivity index (χ3v) is 4.65. The van der Waals surface area contributed by atoms with Crippen LogP contribution in [-0.2, 0) is 6.42 Å². The third-order valence-electron chi connectivity index (χ3n) is 4.65. The van der Waals surface area contributed by atoms with E-state index >= 15 is 0 Å². The van der Waals surface area contributed by atoms with Crippen LogP contribution in [0, 0.1) is 6.92 Å². The molecule has 2 aromatic rings. The van der Waals surface area contributed by atoms with Gasteiger partial charge in [0.15, 0.2) is 0 Å². The van der Waals surface area contributed by atoms with E-state index in [0.717, 1.165) is 55.8 Å². The van der Waals surface area contributed by atoms with Gasteiger partial charge in [0.2, 0.25) is 0 Å². The lowest BCUT2D eigenvalue weighted by Gasteiger charge is -2.28. The minimum Gasteiger partial charge on any atom is -0.393 e. The summed E-state index contributed by atoms with van der Waals surface area (Å²) in [5, 5.41) is 13.3. The number of rotatable bonds is 1. The summed E-state index contributed by atoms with van der Waals surface area (Å²) in [4.78, 5) is 9.15. The summed E-state index contributed by atoms with van der Waals surface area (Å²) >= 11 is 0. The monoisotopic (exact) mass is 272 g/mol. The van der Waals surface area contributed by atoms with Crippen molar-refractivity contribution in [3.05, 3.63) is 17.6 Å². The van der Waals surface area contributed by atoms with Crippen LogP contribution in [0.25, 0.3) is 11.0 Å². The zero-order chi connectivity index (χ0) is 13.7. The molecule has 0 bridgehead atoms. The van der Waals surface area contributed by atoms with E-state index in [0.29, 0.717) is 6.04 Å². The second-order valence-corrected chi connectivity index (χ2v) is 6.00. The standard InChI is InChI=1S/C15H20N4O/c1-9-18-13-8-17-15-12(5-6-16-15)14(13)19(9)10-3-2-4-11(20)7-10/h8,10-11,20H,2-7H2,1H3,(H,16,17)/t10-,11+/m0/s1. The largest absolute Gasteiger partial charge is 0.393 e. The first kappa shape index (κ1) is 12.1. The Morgan fingerprint density at radius 1 is 1.40 bits per heavy atom. The summed E-state index contributed by atoms with van der Waals surface area (Å²) in [5.41, 5.74) is 3.52. The first-order valence-electron chi connectivity index (χ1n) is 7.52. The highest BCUT2D eigenvalue weighted by molar-refractivity contribution is 5.84. The van der Waals surface area contributed by atoms with E-state index in [1.54, 1.807) is 0 Å². The number of pyridine rings is 1. The van der Waals surface area contributed by atoms with Gasteiger partial charge in [0.1, 0.15) is 17.2 Å². The number of aliphatic hydroxyl groups excluding tert-OH is 1. The van der Waals surface area contributed by atoms with Crippen LogP contribution in [0.5, 0.6) is 0 Å². The van der Waals surface area contributed by atoms with Crippen molar-refractivity contribution in [3.63, 3.8) is 0 Å². The number of fused-ring (bicyclic) bond motifs is 3. The zero-order valence-electron chi connectivity index (χ0n) is 11.8. The Balaban J connectivity index is 1.90. The maximum Gasteiger partial charge on any atom is 0.131 e. The van der Waals surface area contributed by atoms with Gasteiger partial charge in [0, 0.05) is 18.2 Å². The Bertz CT molecular complexity index is 663. The molecule has 0 spiro atoms. The Kier molecular flexibility index (Phi) is 2.70. The van der Waals surface area contributed by atoms with Gasteiger partial charge in [-0.3, -0.25) is 0 Å². The van der Waals surface area contributed by atoms with Crippen LogP contribution in [0.1, 0.15) is 43.1 Å². The summed E-state index contributed by atoms with van der Waals surface area (Å²) in [5.74, 6) is 2.05. The van der Waals surface area contributed by atoms with Crippen LogP contribution in [0.3, 0.4) is 0 Å². The van der Waals surface area contributed by atoms with Gasteiger partial charge in [-0.05, 0) is 39.0 Å². The average molecular weight is 272 g/mol. The first-order valence-corrected chi connectivity index (χ1v) is 7.52. The highest BCUT2D eigenvalue weighted by atomic mass is 16.3. The summed E-state index contributed by atoms with van der Waals surface area (Å²) in [6.45, 7) is 3.02. The molecule has 0 aromatic carbocycles. The van der Waals surface area contributed by atoms with Crippen LogP contribution < -0.4 is 5.32 Å². The fraction of sp³-hybridized carbons (Fsp3) is 0.600. The molecule has 1 saturated carbocycles. The molecule has 0 unspecified atom stereocenters. The molecule has 0 amide bonds. The summed E-state index contributed by atoms with van der Waals surface area (Å²) in [7, 11) is 0. The van der Waals surface area contributed by atoms with Crippen LogP contribution in [-0.4, -0.2) is 32.3 Å². The van der Waals surface area contributed by atoms with Crippen LogP contribution >= 0.6 is 0 Å². The van der Waals surface area contributed by atoms with Gasteiger partial charge in [-0.2, -0.15) is 0 Å². The predicted molar refractivity (Wildman–Crippen MR) is 78.0 cm³/mol. The number of aromatic nitrogens is 3. The molecular weight excluding hydrogens is 252 g/mol. The molecule has 4 rings (SSSR count). The van der Waals surface area contributed by atoms with E-state index in [9.17, 15) is 5.11 Å². The van der Waals surface area contributed by atoms with E-state index in [2.05, 4.69) is 26.8 Å². The molecule has 2 aliphatic rings. The van der Waals surface area contributed by atoms with E-state index in [1.165, 1.54) is 11.1 Å². The fourth-order valence-electron chi connectivity index (χ4n) is 3.79. The number of nitrogens with zero attached hydrogens (tertiary/aromatic N) is 3. The molecule has 5 heteroatoms. The Hall–Kier alpha value is -1.62. The fourth-order valence-corrected chi connectivity index (χ4v) is 3.79. The normalized spacial score (nSPS) is 25.7. The molecule has 1 aliphatic carbocycles. The van der Waals surface area contributed by atoms with E-state index in [4.69, 9.17) is 0 Å². The number of aliphatic hydroxyl groups is 1. The number of aryl methyl sites for hydroxylation is 1. The van der Waals surface area contributed by atoms with Gasteiger partial charge >= 0.3 is 0 Å². The molecule has 2 aromatic heterocycles. The number of hydrogen-bond donors (Lipinski definition) is 2. The minimum absolute atomic E-state index is 0.168. The number of anilines is 1. The minimum atomic E-state index is -0.168. The number of imidazole rings is 1. The van der Waals surface area contributed by atoms with Crippen molar-refractivity contribution in [1.82, 2.24) is 14.5 Å². The smallest absolute Gasteiger partial charge is 0.131 e. The predicted octanol–water partition coefficient (Wildman–Crippen LogP) is 2.18. The molecule has 20 heavy (non-hydrogen) atoms. The van der Waals surface area contributed by atoms with Crippen molar-refractivity contribution in [2.24, 2.45) is 0 Å². The first-order chi connectivity index (χ1) is 9.74. The number of nitrogens with one attached hydrogen (secondary N) is 1. The quantitative estimate of drug-likeness (QED) is 0.835. The molecule has 0 radical (unpaired) electrons. The maximum absolute atomic E-state index is 9.98. The molecule has 0 saturated heterocycles. The van der Waals surface area contributed by atoms with Gasteiger partial charge in [-0.25, -0.2) is 9.97 Å². The third kappa shape index (κ3) is 1.73. The van der Waals surface area contributed by atoms with Crippen molar-refractivity contribution in [1.29, 1.82) is 0 Å². The second kappa shape index (κ2) is 4.45. The van der Waals surface area contributed by atoms with Gasteiger partial charge < -0.3 is 15.0 Å². The van der Waals surface area contributed by atoms with Crippen LogP contribution in [0.15, 0.2) is 6.20 Å². The topological polar surface area (TPSA) is 63.0 Å². The highest BCUT2D eigenvalue weighted by Crippen LogP contribution is 2.36. The molecule has 2 atom stereocenters. The Morgan fingerprint density at radius 3 is 3.15 bits per heavy atom. The Morgan fingerprint density at radius 2 is 2.30 bits per heavy atom. The van der Waals surface area contributed by atoms with E-state index < -0.39 is 0 Å².